The van der Waals surface area contributed by atoms with E-state index in [-0.39, 0.29) is 11.5 Å². The molecule has 31 heavy (non-hydrogen) atoms. The highest BCUT2D eigenvalue weighted by Crippen LogP contribution is 2.30. The van der Waals surface area contributed by atoms with Crippen LogP contribution in [0.3, 0.4) is 0 Å². The first kappa shape index (κ1) is 19.2. The molecular formula is C25H15ClO5. The van der Waals surface area contributed by atoms with Gasteiger partial charge in [0.2, 0.25) is 5.76 Å². The third kappa shape index (κ3) is 3.49. The number of rotatable bonds is 3. The van der Waals surface area contributed by atoms with Crippen molar-refractivity contribution >= 4 is 39.5 Å². The maximum absolute atomic E-state index is 12.7. The average Bonchev–Trinajstić information content (AvgIpc) is 3.19. The maximum Gasteiger partial charge on any atom is 0.379 e. The largest absolute Gasteiger partial charge is 0.449 e. The number of hydrogen-bond acceptors (Lipinski definition) is 5. The second kappa shape index (κ2) is 7.45. The molecule has 0 aliphatic heterocycles. The fourth-order valence-corrected chi connectivity index (χ4v) is 3.72. The van der Waals surface area contributed by atoms with Crippen LogP contribution in [0.2, 0.25) is 5.02 Å². The molecule has 0 unspecified atom stereocenters. The van der Waals surface area contributed by atoms with Gasteiger partial charge in [-0.3, -0.25) is 0 Å². The second-order valence-corrected chi connectivity index (χ2v) is 7.53. The van der Waals surface area contributed by atoms with E-state index in [1.165, 1.54) is 6.07 Å². The molecule has 0 spiro atoms. The van der Waals surface area contributed by atoms with Crippen LogP contribution in [0.5, 0.6) is 5.75 Å². The first-order chi connectivity index (χ1) is 15.0. The summed E-state index contributed by atoms with van der Waals surface area (Å²) in [5.41, 5.74) is 2.41. The fraction of sp³-hybridized carbons (Fsp3) is 0.0400. The Hall–Kier alpha value is -3.83. The standard InChI is InChI=1S/C25H15ClO5/c1-14-19-11-10-18(29-24(27)22-12-16-4-2-3-5-20(16)30-22)13-21(19)31-25(28)23(14)15-6-8-17(26)9-7-15/h2-13H,1H3. The summed E-state index contributed by atoms with van der Waals surface area (Å²) in [6, 6.07) is 20.9. The highest BCUT2D eigenvalue weighted by atomic mass is 35.5. The van der Waals surface area contributed by atoms with Gasteiger partial charge in [0.1, 0.15) is 16.9 Å². The van der Waals surface area contributed by atoms with Gasteiger partial charge in [-0.1, -0.05) is 41.9 Å². The molecule has 0 amide bonds. The molecule has 0 fully saturated rings. The summed E-state index contributed by atoms with van der Waals surface area (Å²) in [4.78, 5) is 25.2. The van der Waals surface area contributed by atoms with Crippen LogP contribution in [0.25, 0.3) is 33.1 Å². The van der Waals surface area contributed by atoms with Crippen molar-refractivity contribution in [3.8, 4) is 16.9 Å². The number of carbonyl (C=O) groups excluding carboxylic acids is 1. The van der Waals surface area contributed by atoms with Crippen LogP contribution in [-0.2, 0) is 0 Å². The number of para-hydroxylation sites is 1. The summed E-state index contributed by atoms with van der Waals surface area (Å²) >= 11 is 5.95. The number of carbonyl (C=O) groups is 1. The third-order valence-electron chi connectivity index (χ3n) is 5.11. The normalized spacial score (nSPS) is 11.2. The molecule has 0 saturated heterocycles. The average molecular weight is 431 g/mol. The Kier molecular flexibility index (Phi) is 4.60. The molecule has 6 heteroatoms. The van der Waals surface area contributed by atoms with Crippen molar-refractivity contribution < 1.29 is 18.4 Å². The van der Waals surface area contributed by atoms with Crippen molar-refractivity contribution in [2.24, 2.45) is 0 Å². The minimum Gasteiger partial charge on any atom is -0.449 e. The molecule has 5 nitrogen and oxygen atoms in total. The van der Waals surface area contributed by atoms with Gasteiger partial charge in [-0.15, -0.1) is 0 Å². The summed E-state index contributed by atoms with van der Waals surface area (Å²) in [5, 5.41) is 2.14. The Morgan fingerprint density at radius 2 is 1.68 bits per heavy atom. The van der Waals surface area contributed by atoms with Crippen LogP contribution in [0.1, 0.15) is 16.1 Å². The van der Waals surface area contributed by atoms with Crippen molar-refractivity contribution in [1.29, 1.82) is 0 Å². The van der Waals surface area contributed by atoms with Gasteiger partial charge in [-0.2, -0.15) is 0 Å². The lowest BCUT2D eigenvalue weighted by molar-refractivity contribution is 0.0704. The van der Waals surface area contributed by atoms with Crippen molar-refractivity contribution in [3.63, 3.8) is 0 Å². The van der Waals surface area contributed by atoms with E-state index in [1.54, 1.807) is 48.5 Å². The molecule has 0 aliphatic carbocycles. The lowest BCUT2D eigenvalue weighted by atomic mass is 10.00. The number of hydrogen-bond donors (Lipinski definition) is 0. The van der Waals surface area contributed by atoms with E-state index < -0.39 is 11.6 Å². The number of benzene rings is 3. The monoisotopic (exact) mass is 430 g/mol. The minimum atomic E-state index is -0.632. The number of aryl methyl sites for hydroxylation is 1. The molecule has 5 rings (SSSR count). The van der Waals surface area contributed by atoms with Gasteiger partial charge in [-0.25, -0.2) is 9.59 Å². The van der Waals surface area contributed by atoms with Crippen LogP contribution in [0, 0.1) is 6.92 Å². The van der Waals surface area contributed by atoms with Crippen molar-refractivity contribution in [2.45, 2.75) is 6.92 Å². The lowest BCUT2D eigenvalue weighted by Gasteiger charge is -2.09. The lowest BCUT2D eigenvalue weighted by Crippen LogP contribution is -2.08. The van der Waals surface area contributed by atoms with Gasteiger partial charge in [0.25, 0.3) is 0 Å². The Labute approximate surface area is 181 Å². The quantitative estimate of drug-likeness (QED) is 0.188. The van der Waals surface area contributed by atoms with Crippen molar-refractivity contribution in [2.75, 3.05) is 0 Å². The van der Waals surface area contributed by atoms with E-state index in [0.717, 1.165) is 21.9 Å². The zero-order chi connectivity index (χ0) is 21.5. The summed E-state index contributed by atoms with van der Waals surface area (Å²) in [7, 11) is 0. The summed E-state index contributed by atoms with van der Waals surface area (Å²) in [5.74, 6) is -0.288. The van der Waals surface area contributed by atoms with Gasteiger partial charge >= 0.3 is 11.6 Å². The number of ether oxygens (including phenoxy) is 1. The molecule has 0 saturated carbocycles. The summed E-state index contributed by atoms with van der Waals surface area (Å²) in [6.07, 6.45) is 0. The fourth-order valence-electron chi connectivity index (χ4n) is 3.59. The van der Waals surface area contributed by atoms with Gasteiger partial charge < -0.3 is 13.6 Å². The maximum atomic E-state index is 12.7. The summed E-state index contributed by atoms with van der Waals surface area (Å²) in [6.45, 7) is 1.85. The molecule has 0 atom stereocenters. The molecule has 0 bridgehead atoms. The van der Waals surface area contributed by atoms with E-state index >= 15 is 0 Å². The first-order valence-corrected chi connectivity index (χ1v) is 9.91. The minimum absolute atomic E-state index is 0.0945. The molecule has 3 aromatic carbocycles. The molecule has 0 N–H and O–H groups in total. The van der Waals surface area contributed by atoms with Crippen molar-refractivity contribution in [3.05, 3.63) is 99.6 Å². The van der Waals surface area contributed by atoms with Crippen LogP contribution >= 0.6 is 11.6 Å². The SMILES string of the molecule is Cc1c(-c2ccc(Cl)cc2)c(=O)oc2cc(OC(=O)c3cc4ccccc4o3)ccc12. The molecule has 0 radical (unpaired) electrons. The van der Waals surface area contributed by atoms with Crippen molar-refractivity contribution in [1.82, 2.24) is 0 Å². The predicted octanol–water partition coefficient (Wildman–Crippen LogP) is 6.39. The first-order valence-electron chi connectivity index (χ1n) is 9.54. The van der Waals surface area contributed by atoms with Gasteiger partial charge in [-0.05, 0) is 54.4 Å². The number of esters is 1. The number of halogens is 1. The van der Waals surface area contributed by atoms with Crippen LogP contribution in [0.4, 0.5) is 0 Å². The molecule has 152 valence electrons. The van der Waals surface area contributed by atoms with E-state index in [0.29, 0.717) is 21.8 Å². The topological polar surface area (TPSA) is 69.7 Å². The van der Waals surface area contributed by atoms with Crippen LogP contribution in [-0.4, -0.2) is 5.97 Å². The van der Waals surface area contributed by atoms with Gasteiger partial charge in [0.15, 0.2) is 0 Å². The predicted molar refractivity (Wildman–Crippen MR) is 119 cm³/mol. The number of furan rings is 1. The Bertz CT molecular complexity index is 1480. The van der Waals surface area contributed by atoms with E-state index in [4.69, 9.17) is 25.2 Å². The van der Waals surface area contributed by atoms with Crippen LogP contribution in [0.15, 0.2) is 86.4 Å². The smallest absolute Gasteiger partial charge is 0.379 e. The molecule has 5 aromatic rings. The van der Waals surface area contributed by atoms with Gasteiger partial charge in [0, 0.05) is 21.9 Å². The zero-order valence-electron chi connectivity index (χ0n) is 16.3. The van der Waals surface area contributed by atoms with E-state index in [2.05, 4.69) is 0 Å². The molecule has 0 aliphatic rings. The zero-order valence-corrected chi connectivity index (χ0v) is 17.1. The van der Waals surface area contributed by atoms with E-state index in [1.807, 2.05) is 25.1 Å². The highest BCUT2D eigenvalue weighted by molar-refractivity contribution is 6.30. The highest BCUT2D eigenvalue weighted by Gasteiger charge is 2.17. The second-order valence-electron chi connectivity index (χ2n) is 7.09. The summed E-state index contributed by atoms with van der Waals surface area (Å²) < 4.78 is 16.5. The Balaban J connectivity index is 1.50. The van der Waals surface area contributed by atoms with E-state index in [9.17, 15) is 9.59 Å². The third-order valence-corrected chi connectivity index (χ3v) is 5.36. The molecule has 2 aromatic heterocycles. The number of fused-ring (bicyclic) bond motifs is 2. The Morgan fingerprint density at radius 1 is 0.903 bits per heavy atom. The van der Waals surface area contributed by atoms with Gasteiger partial charge in [0.05, 0.1) is 5.56 Å². The van der Waals surface area contributed by atoms with Crippen LogP contribution < -0.4 is 10.4 Å². The molecule has 2 heterocycles. The Morgan fingerprint density at radius 3 is 2.45 bits per heavy atom. The molecular weight excluding hydrogens is 416 g/mol.